The van der Waals surface area contributed by atoms with E-state index in [1.165, 1.54) is 19.3 Å². The zero-order chi connectivity index (χ0) is 15.6. The topological polar surface area (TPSA) is 55.9 Å². The molecule has 122 valence electrons. The molecule has 2 rings (SSSR count). The van der Waals surface area contributed by atoms with Gasteiger partial charge in [0.05, 0.1) is 12.7 Å². The fourth-order valence-corrected chi connectivity index (χ4v) is 2.40. The minimum absolute atomic E-state index is 0.170. The van der Waals surface area contributed by atoms with Gasteiger partial charge < -0.3 is 14.6 Å². The monoisotopic (exact) mass is 307 g/mol. The van der Waals surface area contributed by atoms with Gasteiger partial charge in [0.25, 0.3) is 0 Å². The van der Waals surface area contributed by atoms with Gasteiger partial charge in [0.2, 0.25) is 5.69 Å². The highest BCUT2D eigenvalue weighted by molar-refractivity contribution is 5.58. The molecule has 0 unspecified atom stereocenters. The van der Waals surface area contributed by atoms with Crippen LogP contribution in [0.25, 0.3) is 0 Å². The molecule has 1 heterocycles. The Hall–Kier alpha value is -1.75. The largest absolute Gasteiger partial charge is 0.552 e. The molecule has 0 aliphatic carbocycles. The number of hydrogen-bond acceptors (Lipinski definition) is 3. The molecule has 1 saturated heterocycles. The molecule has 0 atom stereocenters. The molecule has 2 N–H and O–H groups in total. The van der Waals surface area contributed by atoms with Crippen molar-refractivity contribution in [1.82, 2.24) is 4.90 Å². The first-order valence-corrected chi connectivity index (χ1v) is 8.19. The lowest BCUT2D eigenvalue weighted by Crippen LogP contribution is -2.67. The van der Waals surface area contributed by atoms with E-state index in [1.54, 1.807) is 0 Å². The van der Waals surface area contributed by atoms with Gasteiger partial charge in [-0.3, -0.25) is 4.90 Å². The Labute approximate surface area is 132 Å². The van der Waals surface area contributed by atoms with Gasteiger partial charge in [0, 0.05) is 19.2 Å². The van der Waals surface area contributed by atoms with Crippen molar-refractivity contribution in [3.05, 3.63) is 24.3 Å². The molecule has 1 aliphatic heterocycles. The summed E-state index contributed by atoms with van der Waals surface area (Å²) in [5.41, 5.74) is 0.755. The van der Waals surface area contributed by atoms with Gasteiger partial charge in [0.15, 0.2) is 6.73 Å². The summed E-state index contributed by atoms with van der Waals surface area (Å²) in [7, 11) is 0. The first-order chi connectivity index (χ1) is 10.8. The number of nitrogens with zero attached hydrogens (tertiary/aromatic N) is 1. The van der Waals surface area contributed by atoms with Gasteiger partial charge in [-0.1, -0.05) is 25.8 Å². The quantitative estimate of drug-likeness (QED) is 0.459. The fourth-order valence-electron chi connectivity index (χ4n) is 2.40. The highest BCUT2D eigenvalue weighted by atomic mass is 16.6. The van der Waals surface area contributed by atoms with E-state index in [0.717, 1.165) is 37.4 Å². The number of piperidine rings is 1. The van der Waals surface area contributed by atoms with Crippen LogP contribution in [0.2, 0.25) is 0 Å². The van der Waals surface area contributed by atoms with Gasteiger partial charge in [-0.25, -0.2) is 0 Å². The molecule has 0 bridgehead atoms. The second kappa shape index (κ2) is 9.30. The molecular weight excluding hydrogens is 280 g/mol. The average Bonchev–Trinajstić information content (AvgIpc) is 2.55. The predicted octanol–water partition coefficient (Wildman–Crippen LogP) is 1.95. The molecule has 1 aliphatic rings. The van der Waals surface area contributed by atoms with Crippen LogP contribution in [0.3, 0.4) is 0 Å². The number of benzene rings is 1. The van der Waals surface area contributed by atoms with Crippen LogP contribution in [-0.2, 0) is 4.74 Å². The van der Waals surface area contributed by atoms with Crippen molar-refractivity contribution in [2.24, 2.45) is 0 Å². The summed E-state index contributed by atoms with van der Waals surface area (Å²) < 4.78 is 11.0. The number of nitrogens with one attached hydrogen (secondary N) is 1. The van der Waals surface area contributed by atoms with Gasteiger partial charge in [0.1, 0.15) is 5.75 Å². The minimum Gasteiger partial charge on any atom is -0.493 e. The molecular formula is C17H27N2O3+. The average molecular weight is 307 g/mol. The summed E-state index contributed by atoms with van der Waals surface area (Å²) in [6.45, 7) is 5.34. The maximum absolute atomic E-state index is 9.85. The second-order valence-corrected chi connectivity index (χ2v) is 5.61. The van der Waals surface area contributed by atoms with Crippen molar-refractivity contribution >= 4 is 11.8 Å². The molecule has 0 amide bonds. The van der Waals surface area contributed by atoms with E-state index >= 15 is 0 Å². The van der Waals surface area contributed by atoms with Gasteiger partial charge in [-0.05, 0) is 25.3 Å². The third kappa shape index (κ3) is 5.93. The Morgan fingerprint density at radius 1 is 1.27 bits per heavy atom. The first-order valence-electron chi connectivity index (χ1n) is 8.19. The predicted molar refractivity (Wildman–Crippen MR) is 86.5 cm³/mol. The molecule has 0 spiro atoms. The fraction of sp³-hybridized carbons (Fsp3) is 0.588. The summed E-state index contributed by atoms with van der Waals surface area (Å²) in [6, 6.07) is 7.53. The lowest BCUT2D eigenvalue weighted by atomic mass is 10.1. The van der Waals surface area contributed by atoms with E-state index in [9.17, 15) is 5.11 Å². The van der Waals surface area contributed by atoms with Crippen LogP contribution in [-0.4, -0.2) is 42.5 Å². The van der Waals surface area contributed by atoms with Crippen molar-refractivity contribution in [2.75, 3.05) is 26.4 Å². The number of hydrogen-bond donors (Lipinski definition) is 2. The Kier molecular flexibility index (Phi) is 7.03. The van der Waals surface area contributed by atoms with Crippen molar-refractivity contribution in [3.8, 4) is 5.75 Å². The standard InChI is InChI=1S/C17H26N2O3/c1-2-3-12-21-16-9-7-8-15(13-16)18-17(20)22-14-19-10-5-4-6-11-19/h7-9,13H,2-6,10-12,14H2,1H3,(H,18,20)/p+1. The van der Waals surface area contributed by atoms with Gasteiger partial charge in [-0.2, -0.15) is 0 Å². The van der Waals surface area contributed by atoms with Crippen LogP contribution in [0.5, 0.6) is 5.75 Å². The normalized spacial score (nSPS) is 16.5. The zero-order valence-corrected chi connectivity index (χ0v) is 13.4. The third-order valence-electron chi connectivity index (χ3n) is 3.68. The molecule has 0 aromatic heterocycles. The van der Waals surface area contributed by atoms with Crippen LogP contribution in [0.15, 0.2) is 24.3 Å². The Morgan fingerprint density at radius 2 is 2.09 bits per heavy atom. The number of ether oxygens (including phenoxy) is 2. The molecule has 1 aromatic carbocycles. The number of aliphatic hydroxyl groups is 1. The van der Waals surface area contributed by atoms with Crippen LogP contribution in [0, 0.1) is 0 Å². The molecule has 5 nitrogen and oxygen atoms in total. The number of unbranched alkanes of at least 4 members (excludes halogenated alkanes) is 1. The maximum atomic E-state index is 9.85. The van der Waals surface area contributed by atoms with Crippen LogP contribution in [0.1, 0.15) is 39.0 Å². The third-order valence-corrected chi connectivity index (χ3v) is 3.68. The van der Waals surface area contributed by atoms with Crippen LogP contribution in [0.4, 0.5) is 5.69 Å². The number of likely N-dealkylation sites (tertiary alicyclic amines) is 1. The second-order valence-electron chi connectivity index (χ2n) is 5.61. The highest BCUT2D eigenvalue weighted by Crippen LogP contribution is 2.14. The van der Waals surface area contributed by atoms with E-state index in [1.807, 2.05) is 24.3 Å². The Balaban J connectivity index is 1.83. The van der Waals surface area contributed by atoms with E-state index < -0.39 is 0 Å². The first kappa shape index (κ1) is 16.6. The van der Waals surface area contributed by atoms with E-state index in [4.69, 9.17) is 9.47 Å². The highest BCUT2D eigenvalue weighted by Gasteiger charge is 2.13. The summed E-state index contributed by atoms with van der Waals surface area (Å²) in [4.78, 5) is 5.06. The lowest BCUT2D eigenvalue weighted by Gasteiger charge is -2.24. The number of rotatable bonds is 7. The lowest BCUT2D eigenvalue weighted by molar-refractivity contribution is -0.383. The Morgan fingerprint density at radius 3 is 2.86 bits per heavy atom. The summed E-state index contributed by atoms with van der Waals surface area (Å²) >= 11 is 0. The smallest absolute Gasteiger partial charge is 0.493 e. The molecule has 1 aromatic rings. The SMILES string of the molecule is CCCCOc1cccc([NH+]=C(O)OCN2CCCCC2)c1. The summed E-state index contributed by atoms with van der Waals surface area (Å²) in [5, 5.41) is 9.85. The van der Waals surface area contributed by atoms with Crippen LogP contribution >= 0.6 is 0 Å². The van der Waals surface area contributed by atoms with Gasteiger partial charge in [-0.15, -0.1) is 4.99 Å². The molecule has 0 radical (unpaired) electrons. The van der Waals surface area contributed by atoms with Gasteiger partial charge >= 0.3 is 6.08 Å². The maximum Gasteiger partial charge on any atom is 0.552 e. The van der Waals surface area contributed by atoms with E-state index in [2.05, 4.69) is 16.8 Å². The van der Waals surface area contributed by atoms with E-state index in [0.29, 0.717) is 13.3 Å². The number of aliphatic hydroxyl groups excluding tert-OH is 1. The van der Waals surface area contributed by atoms with Crippen molar-refractivity contribution < 1.29 is 19.6 Å². The Bertz CT molecular complexity index is 471. The minimum atomic E-state index is -0.170. The summed E-state index contributed by atoms with van der Waals surface area (Å²) in [5.74, 6) is 0.794. The van der Waals surface area contributed by atoms with Crippen molar-refractivity contribution in [2.45, 2.75) is 39.0 Å². The molecule has 0 saturated carbocycles. The zero-order valence-electron chi connectivity index (χ0n) is 13.4. The van der Waals surface area contributed by atoms with E-state index in [-0.39, 0.29) is 6.08 Å². The molecule has 5 heteroatoms. The summed E-state index contributed by atoms with van der Waals surface area (Å²) in [6.07, 6.45) is 5.67. The van der Waals surface area contributed by atoms with Crippen molar-refractivity contribution in [1.29, 1.82) is 0 Å². The van der Waals surface area contributed by atoms with Crippen molar-refractivity contribution in [3.63, 3.8) is 0 Å². The molecule has 22 heavy (non-hydrogen) atoms. The molecule has 1 fully saturated rings. The van der Waals surface area contributed by atoms with Crippen LogP contribution < -0.4 is 9.73 Å².